The van der Waals surface area contributed by atoms with Crippen LogP contribution in [0.3, 0.4) is 0 Å². The molecular formula is C21H28O5S3. The van der Waals surface area contributed by atoms with E-state index in [-0.39, 0.29) is 29.1 Å². The van der Waals surface area contributed by atoms with Gasteiger partial charge >= 0.3 is 5.97 Å². The minimum atomic E-state index is -0.819. The Morgan fingerprint density at radius 2 is 2.14 bits per heavy atom. The molecule has 1 fully saturated rings. The lowest BCUT2D eigenvalue weighted by atomic mass is 10.0. The van der Waals surface area contributed by atoms with Gasteiger partial charge in [0.15, 0.2) is 0 Å². The number of aliphatic hydroxyl groups is 2. The van der Waals surface area contributed by atoms with E-state index in [4.69, 9.17) is 5.11 Å². The zero-order valence-electron chi connectivity index (χ0n) is 16.4. The molecule has 3 unspecified atom stereocenters. The fourth-order valence-corrected chi connectivity index (χ4v) is 5.88. The first-order chi connectivity index (χ1) is 13.9. The number of benzene rings is 1. The molecule has 5 nitrogen and oxygen atoms in total. The third kappa shape index (κ3) is 8.38. The number of hydrogen-bond acceptors (Lipinski definition) is 7. The zero-order chi connectivity index (χ0) is 21.2. The van der Waals surface area contributed by atoms with Crippen molar-refractivity contribution in [2.45, 2.75) is 41.6 Å². The van der Waals surface area contributed by atoms with Gasteiger partial charge in [0.25, 0.3) is 0 Å². The molecule has 0 radical (unpaired) electrons. The summed E-state index contributed by atoms with van der Waals surface area (Å²) >= 11 is 4.54. The van der Waals surface area contributed by atoms with Crippen LogP contribution in [0.5, 0.6) is 0 Å². The van der Waals surface area contributed by atoms with Gasteiger partial charge in [0.1, 0.15) is 5.78 Å². The molecule has 1 aliphatic carbocycles. The Bertz CT molecular complexity index is 709. The van der Waals surface area contributed by atoms with E-state index in [2.05, 4.69) is 6.07 Å². The van der Waals surface area contributed by atoms with Gasteiger partial charge in [-0.1, -0.05) is 24.3 Å². The van der Waals surface area contributed by atoms with Crippen molar-refractivity contribution in [2.24, 2.45) is 5.92 Å². The Morgan fingerprint density at radius 3 is 2.86 bits per heavy atom. The minimum Gasteiger partial charge on any atom is -0.481 e. The summed E-state index contributed by atoms with van der Waals surface area (Å²) in [5.74, 6) is 0.486. The molecule has 0 heterocycles. The molecule has 0 aromatic heterocycles. The Labute approximate surface area is 184 Å². The van der Waals surface area contributed by atoms with Gasteiger partial charge in [0.2, 0.25) is 0 Å². The maximum Gasteiger partial charge on any atom is 0.313 e. The summed E-state index contributed by atoms with van der Waals surface area (Å²) in [7, 11) is 0. The van der Waals surface area contributed by atoms with E-state index in [9.17, 15) is 19.8 Å². The maximum atomic E-state index is 12.2. The van der Waals surface area contributed by atoms with Gasteiger partial charge in [0.05, 0.1) is 23.2 Å². The molecule has 4 atom stereocenters. The lowest BCUT2D eigenvalue weighted by Crippen LogP contribution is -2.22. The standard InChI is InChI=1S/C21H28O5S3/c1-27-16-5-2-4-14(11-16)10-15(22)6-7-17-18(23)12-19(24)21(17)29-9-3-8-28-13-20(25)26/h2,4-7,11,15,17-18,21-23H,3,8-10,12-13H2,1H3,(H,25,26)/t15?,17-,18?,21?/m0/s1. The summed E-state index contributed by atoms with van der Waals surface area (Å²) in [6.07, 6.45) is 5.54. The summed E-state index contributed by atoms with van der Waals surface area (Å²) in [5.41, 5.74) is 1.04. The van der Waals surface area contributed by atoms with E-state index in [1.165, 1.54) is 23.5 Å². The van der Waals surface area contributed by atoms with Crippen LogP contribution in [0, 0.1) is 5.92 Å². The molecule has 2 rings (SSSR count). The fourth-order valence-electron chi connectivity index (χ4n) is 3.20. The topological polar surface area (TPSA) is 94.8 Å². The molecule has 0 saturated heterocycles. The van der Waals surface area contributed by atoms with Crippen LogP contribution in [-0.2, 0) is 16.0 Å². The molecule has 0 aliphatic heterocycles. The number of carboxylic acids is 1. The minimum absolute atomic E-state index is 0.0394. The van der Waals surface area contributed by atoms with Crippen LogP contribution in [0.1, 0.15) is 18.4 Å². The van der Waals surface area contributed by atoms with E-state index in [0.717, 1.165) is 28.4 Å². The highest BCUT2D eigenvalue weighted by Crippen LogP contribution is 2.34. The van der Waals surface area contributed by atoms with Crippen molar-refractivity contribution in [2.75, 3.05) is 23.5 Å². The van der Waals surface area contributed by atoms with Crippen molar-refractivity contribution < 1.29 is 24.9 Å². The second kappa shape index (κ2) is 12.7. The number of carbonyl (C=O) groups is 2. The first kappa shape index (κ1) is 24.3. The van der Waals surface area contributed by atoms with Gasteiger partial charge in [0, 0.05) is 23.7 Å². The van der Waals surface area contributed by atoms with Crippen molar-refractivity contribution in [1.82, 2.24) is 0 Å². The molecule has 0 amide bonds. The number of hydrogen-bond donors (Lipinski definition) is 3. The number of aliphatic hydroxyl groups excluding tert-OH is 2. The van der Waals surface area contributed by atoms with Crippen molar-refractivity contribution >= 4 is 47.0 Å². The molecule has 3 N–H and O–H groups in total. The number of aliphatic carboxylic acids is 1. The highest BCUT2D eigenvalue weighted by molar-refractivity contribution is 8.01. The number of carboxylic acid groups (broad SMARTS) is 1. The predicted octanol–water partition coefficient (Wildman–Crippen LogP) is 3.13. The van der Waals surface area contributed by atoms with Gasteiger partial charge in [-0.15, -0.1) is 23.5 Å². The molecule has 1 aromatic carbocycles. The van der Waals surface area contributed by atoms with Gasteiger partial charge in [-0.3, -0.25) is 9.59 Å². The van der Waals surface area contributed by atoms with Crippen LogP contribution in [0.15, 0.2) is 41.3 Å². The average molecular weight is 457 g/mol. The monoisotopic (exact) mass is 456 g/mol. The smallest absolute Gasteiger partial charge is 0.313 e. The van der Waals surface area contributed by atoms with Crippen molar-refractivity contribution in [3.63, 3.8) is 0 Å². The van der Waals surface area contributed by atoms with Crippen molar-refractivity contribution in [1.29, 1.82) is 0 Å². The van der Waals surface area contributed by atoms with Crippen molar-refractivity contribution in [3.05, 3.63) is 42.0 Å². The molecule has 0 bridgehead atoms. The van der Waals surface area contributed by atoms with Gasteiger partial charge < -0.3 is 15.3 Å². The number of ketones is 1. The molecule has 1 aromatic rings. The first-order valence-electron chi connectivity index (χ1n) is 9.52. The lowest BCUT2D eigenvalue weighted by molar-refractivity contribution is -0.133. The normalized spacial score (nSPS) is 23.0. The van der Waals surface area contributed by atoms with E-state index in [1.54, 1.807) is 23.9 Å². The summed E-state index contributed by atoms with van der Waals surface area (Å²) in [5, 5.41) is 29.0. The number of thioether (sulfide) groups is 3. The molecular weight excluding hydrogens is 428 g/mol. The van der Waals surface area contributed by atoms with E-state index >= 15 is 0 Å². The molecule has 1 aliphatic rings. The Hall–Kier alpha value is -0.930. The lowest BCUT2D eigenvalue weighted by Gasteiger charge is -2.17. The summed E-state index contributed by atoms with van der Waals surface area (Å²) in [4.78, 5) is 23.9. The first-order valence-corrected chi connectivity index (χ1v) is 12.9. The maximum absolute atomic E-state index is 12.2. The Morgan fingerprint density at radius 1 is 1.34 bits per heavy atom. The molecule has 8 heteroatoms. The predicted molar refractivity (Wildman–Crippen MR) is 122 cm³/mol. The second-order valence-corrected chi connectivity index (χ2v) is 10.1. The summed E-state index contributed by atoms with van der Waals surface area (Å²) in [6.45, 7) is 0. The zero-order valence-corrected chi connectivity index (χ0v) is 18.8. The highest BCUT2D eigenvalue weighted by atomic mass is 32.2. The largest absolute Gasteiger partial charge is 0.481 e. The van der Waals surface area contributed by atoms with Gasteiger partial charge in [-0.05, 0) is 41.9 Å². The van der Waals surface area contributed by atoms with Gasteiger partial charge in [-0.25, -0.2) is 0 Å². The quantitative estimate of drug-likeness (QED) is 0.251. The summed E-state index contributed by atoms with van der Waals surface area (Å²) in [6, 6.07) is 8.03. The number of rotatable bonds is 12. The van der Waals surface area contributed by atoms with Crippen molar-refractivity contribution in [3.8, 4) is 0 Å². The van der Waals surface area contributed by atoms with Crippen LogP contribution in [0.4, 0.5) is 0 Å². The van der Waals surface area contributed by atoms with E-state index in [1.807, 2.05) is 24.5 Å². The number of carbonyl (C=O) groups excluding carboxylic acids is 1. The van der Waals surface area contributed by atoms with Crippen LogP contribution in [0.2, 0.25) is 0 Å². The highest BCUT2D eigenvalue weighted by Gasteiger charge is 2.40. The molecule has 1 saturated carbocycles. The third-order valence-electron chi connectivity index (χ3n) is 4.61. The molecule has 29 heavy (non-hydrogen) atoms. The van der Waals surface area contributed by atoms with Crippen LogP contribution < -0.4 is 0 Å². The Kier molecular flexibility index (Phi) is 10.7. The average Bonchev–Trinajstić information content (AvgIpc) is 2.95. The summed E-state index contributed by atoms with van der Waals surface area (Å²) < 4.78 is 0. The van der Waals surface area contributed by atoms with E-state index < -0.39 is 18.2 Å². The SMILES string of the molecule is CSc1cccc(CC(O)C=C[C@H]2C(O)CC(=O)C2SCCCSCC(=O)O)c1. The van der Waals surface area contributed by atoms with Crippen LogP contribution >= 0.6 is 35.3 Å². The molecule has 160 valence electrons. The second-order valence-electron chi connectivity index (χ2n) is 6.91. The van der Waals surface area contributed by atoms with Gasteiger partial charge in [-0.2, -0.15) is 11.8 Å². The number of Topliss-reactive ketones (excluding diaryl/α,β-unsaturated/α-hetero) is 1. The van der Waals surface area contributed by atoms with Crippen LogP contribution in [0.25, 0.3) is 0 Å². The molecule has 0 spiro atoms. The van der Waals surface area contributed by atoms with Crippen LogP contribution in [-0.4, -0.2) is 68.0 Å². The van der Waals surface area contributed by atoms with E-state index in [0.29, 0.717) is 6.42 Å². The Balaban J connectivity index is 1.85. The third-order valence-corrected chi connectivity index (χ3v) is 7.83. The fraction of sp³-hybridized carbons (Fsp3) is 0.524.